The predicted octanol–water partition coefficient (Wildman–Crippen LogP) is 4.42. The Labute approximate surface area is 166 Å². The number of halogens is 2. The molecule has 1 saturated heterocycles. The van der Waals surface area contributed by atoms with E-state index in [1.807, 2.05) is 12.1 Å². The number of hydrogen-bond acceptors (Lipinski definition) is 3. The van der Waals surface area contributed by atoms with E-state index in [0.717, 1.165) is 10.2 Å². The fraction of sp³-hybridized carbons (Fsp3) is 0.333. The van der Waals surface area contributed by atoms with Crippen LogP contribution in [0.25, 0.3) is 0 Å². The van der Waals surface area contributed by atoms with Gasteiger partial charge in [0, 0.05) is 40.3 Å². The minimum atomic E-state index is -3.53. The van der Waals surface area contributed by atoms with Crippen LogP contribution in [0.1, 0.15) is 12.5 Å². The van der Waals surface area contributed by atoms with Gasteiger partial charge in [-0.1, -0.05) is 28.1 Å². The molecule has 2 aromatic carbocycles. The first kappa shape index (κ1) is 18.9. The topological polar surface area (TPSA) is 40.6 Å². The lowest BCUT2D eigenvalue weighted by atomic mass is 10.1. The van der Waals surface area contributed by atoms with Gasteiger partial charge in [0.15, 0.2) is 0 Å². The molecule has 4 nitrogen and oxygen atoms in total. The van der Waals surface area contributed by atoms with Crippen LogP contribution in [-0.2, 0) is 10.0 Å². The highest BCUT2D eigenvalue weighted by Gasteiger charge is 2.33. The lowest BCUT2D eigenvalue weighted by molar-refractivity contribution is 0.342. The summed E-state index contributed by atoms with van der Waals surface area (Å²) in [7, 11) is -3.53. The monoisotopic (exact) mass is 486 g/mol. The lowest BCUT2D eigenvalue weighted by Crippen LogP contribution is -2.53. The minimum absolute atomic E-state index is 0.108. The molecule has 0 N–H and O–H groups in total. The molecule has 0 radical (unpaired) electrons. The molecule has 1 aliphatic rings. The van der Waals surface area contributed by atoms with Crippen molar-refractivity contribution in [2.45, 2.75) is 24.8 Å². The van der Waals surface area contributed by atoms with Gasteiger partial charge in [-0.3, -0.25) is 0 Å². The quantitative estimate of drug-likeness (QED) is 0.643. The van der Waals surface area contributed by atoms with Crippen molar-refractivity contribution in [1.82, 2.24) is 4.31 Å². The first-order chi connectivity index (χ1) is 11.8. The second-order valence-corrected chi connectivity index (χ2v) is 10.00. The van der Waals surface area contributed by atoms with Crippen LogP contribution in [0.5, 0.6) is 0 Å². The summed E-state index contributed by atoms with van der Waals surface area (Å²) < 4.78 is 29.0. The predicted molar refractivity (Wildman–Crippen MR) is 109 cm³/mol. The average molecular weight is 488 g/mol. The molecule has 1 atom stereocenters. The molecule has 0 amide bonds. The van der Waals surface area contributed by atoms with Crippen molar-refractivity contribution in [3.63, 3.8) is 0 Å². The maximum atomic E-state index is 13.1. The van der Waals surface area contributed by atoms with Crippen LogP contribution in [0.3, 0.4) is 0 Å². The summed E-state index contributed by atoms with van der Waals surface area (Å²) in [6, 6.07) is 13.7. The zero-order valence-corrected chi connectivity index (χ0v) is 18.1. The van der Waals surface area contributed by atoms with Gasteiger partial charge in [0.05, 0.1) is 4.90 Å². The van der Waals surface area contributed by atoms with Crippen LogP contribution >= 0.6 is 31.9 Å². The Morgan fingerprint density at radius 3 is 2.52 bits per heavy atom. The summed E-state index contributed by atoms with van der Waals surface area (Å²) in [4.78, 5) is 2.58. The second kappa shape index (κ2) is 7.39. The number of anilines is 1. The lowest BCUT2D eigenvalue weighted by Gasteiger charge is -2.40. The molecule has 2 aromatic rings. The number of rotatable bonds is 3. The average Bonchev–Trinajstić information content (AvgIpc) is 2.56. The van der Waals surface area contributed by atoms with Crippen LogP contribution in [-0.4, -0.2) is 38.4 Å². The smallest absolute Gasteiger partial charge is 0.244 e. The highest BCUT2D eigenvalue weighted by molar-refractivity contribution is 9.11. The molecule has 25 heavy (non-hydrogen) atoms. The molecule has 0 aliphatic carbocycles. The van der Waals surface area contributed by atoms with E-state index in [1.54, 1.807) is 16.4 Å². The highest BCUT2D eigenvalue weighted by atomic mass is 79.9. The maximum absolute atomic E-state index is 13.1. The number of sulfonamides is 1. The molecule has 1 heterocycles. The molecule has 1 aliphatic heterocycles. The summed E-state index contributed by atoms with van der Waals surface area (Å²) in [6.45, 7) is 5.75. The van der Waals surface area contributed by atoms with Crippen molar-refractivity contribution >= 4 is 47.6 Å². The molecule has 0 aromatic heterocycles. The summed E-state index contributed by atoms with van der Waals surface area (Å²) in [5.74, 6) is 0. The van der Waals surface area contributed by atoms with Crippen LogP contribution < -0.4 is 4.90 Å². The molecule has 7 heteroatoms. The standard InChI is InChI=1S/C18H20Br2N2O2S/c1-13-4-3-5-16(10-13)22-9-8-21(12-14(22)2)25(23,24)18-11-15(19)6-7-17(18)20/h3-7,10-11,14H,8-9,12H2,1-2H3. The largest absolute Gasteiger partial charge is 0.366 e. The van der Waals surface area contributed by atoms with E-state index in [4.69, 9.17) is 0 Å². The third-order valence-electron chi connectivity index (χ3n) is 4.43. The Morgan fingerprint density at radius 1 is 1.08 bits per heavy atom. The van der Waals surface area contributed by atoms with Gasteiger partial charge in [-0.2, -0.15) is 4.31 Å². The Morgan fingerprint density at radius 2 is 1.84 bits per heavy atom. The van der Waals surface area contributed by atoms with Gasteiger partial charge in [-0.15, -0.1) is 0 Å². The molecule has 0 saturated carbocycles. The van der Waals surface area contributed by atoms with E-state index in [9.17, 15) is 8.42 Å². The van der Waals surface area contributed by atoms with Crippen LogP contribution in [0.2, 0.25) is 0 Å². The summed E-state index contributed by atoms with van der Waals surface area (Å²) in [5, 5.41) is 0. The van der Waals surface area contributed by atoms with Crippen molar-refractivity contribution in [2.75, 3.05) is 24.5 Å². The van der Waals surface area contributed by atoms with E-state index in [1.165, 1.54) is 5.56 Å². The van der Waals surface area contributed by atoms with Gasteiger partial charge in [0.2, 0.25) is 10.0 Å². The first-order valence-electron chi connectivity index (χ1n) is 8.07. The fourth-order valence-corrected chi connectivity index (χ4v) is 6.12. The van der Waals surface area contributed by atoms with Crippen LogP contribution in [0.4, 0.5) is 5.69 Å². The van der Waals surface area contributed by atoms with Crippen LogP contribution in [0.15, 0.2) is 56.3 Å². The van der Waals surface area contributed by atoms with E-state index in [0.29, 0.717) is 29.0 Å². The third kappa shape index (κ3) is 3.94. The van der Waals surface area contributed by atoms with Gasteiger partial charge in [-0.25, -0.2) is 8.42 Å². The Hall–Kier alpha value is -0.890. The normalized spacial score (nSPS) is 19.2. The second-order valence-electron chi connectivity index (χ2n) is 6.32. The number of aryl methyl sites for hydroxylation is 1. The Kier molecular flexibility index (Phi) is 5.58. The van der Waals surface area contributed by atoms with Crippen molar-refractivity contribution in [1.29, 1.82) is 0 Å². The Balaban J connectivity index is 1.84. The number of benzene rings is 2. The van der Waals surface area contributed by atoms with Crippen LogP contribution in [0, 0.1) is 6.92 Å². The SMILES string of the molecule is Cc1cccc(N2CCN(S(=O)(=O)c3cc(Br)ccc3Br)CC2C)c1. The van der Waals surface area contributed by atoms with E-state index >= 15 is 0 Å². The Bertz CT molecular complexity index is 886. The van der Waals surface area contributed by atoms with E-state index in [-0.39, 0.29) is 6.04 Å². The van der Waals surface area contributed by atoms with Gasteiger partial charge in [0.1, 0.15) is 0 Å². The number of nitrogens with zero attached hydrogens (tertiary/aromatic N) is 2. The molecule has 134 valence electrons. The van der Waals surface area contributed by atoms with Gasteiger partial charge < -0.3 is 4.90 Å². The maximum Gasteiger partial charge on any atom is 0.244 e. The van der Waals surface area contributed by atoms with Gasteiger partial charge >= 0.3 is 0 Å². The van der Waals surface area contributed by atoms with Crippen molar-refractivity contribution in [3.8, 4) is 0 Å². The zero-order chi connectivity index (χ0) is 18.2. The minimum Gasteiger partial charge on any atom is -0.366 e. The third-order valence-corrected chi connectivity index (χ3v) is 7.79. The zero-order valence-electron chi connectivity index (χ0n) is 14.1. The molecule has 1 unspecified atom stereocenters. The van der Waals surface area contributed by atoms with Crippen molar-refractivity contribution < 1.29 is 8.42 Å². The van der Waals surface area contributed by atoms with Crippen molar-refractivity contribution in [3.05, 3.63) is 57.0 Å². The highest BCUT2D eigenvalue weighted by Crippen LogP contribution is 2.30. The molecular formula is C18H20Br2N2O2S. The van der Waals surface area contributed by atoms with Crippen molar-refractivity contribution in [2.24, 2.45) is 0 Å². The molecule has 1 fully saturated rings. The van der Waals surface area contributed by atoms with Gasteiger partial charge in [-0.05, 0) is 65.7 Å². The molecular weight excluding hydrogens is 468 g/mol. The summed E-state index contributed by atoms with van der Waals surface area (Å²) in [6.07, 6.45) is 0. The molecule has 3 rings (SSSR count). The number of hydrogen-bond donors (Lipinski definition) is 0. The molecule has 0 spiro atoms. The fourth-order valence-electron chi connectivity index (χ4n) is 3.15. The van der Waals surface area contributed by atoms with Gasteiger partial charge in [0.25, 0.3) is 0 Å². The van der Waals surface area contributed by atoms with E-state index < -0.39 is 10.0 Å². The molecule has 0 bridgehead atoms. The van der Waals surface area contributed by atoms with E-state index in [2.05, 4.69) is 68.8 Å². The summed E-state index contributed by atoms with van der Waals surface area (Å²) in [5.41, 5.74) is 2.35. The number of piperazine rings is 1. The first-order valence-corrected chi connectivity index (χ1v) is 11.1. The summed E-state index contributed by atoms with van der Waals surface area (Å²) >= 11 is 6.73.